The molecule has 0 saturated carbocycles. The van der Waals surface area contributed by atoms with E-state index >= 15 is 0 Å². The highest BCUT2D eigenvalue weighted by Crippen LogP contribution is 2.33. The molecule has 5 nitrogen and oxygen atoms in total. The fourth-order valence-electron chi connectivity index (χ4n) is 4.32. The van der Waals surface area contributed by atoms with E-state index in [1.807, 2.05) is 43.5 Å². The maximum Gasteiger partial charge on any atom is 0.131 e. The summed E-state index contributed by atoms with van der Waals surface area (Å²) < 4.78 is 0. The van der Waals surface area contributed by atoms with Crippen molar-refractivity contribution in [2.24, 2.45) is 0 Å². The van der Waals surface area contributed by atoms with E-state index in [1.54, 1.807) is 0 Å². The summed E-state index contributed by atoms with van der Waals surface area (Å²) in [6.45, 7) is 3.99. The van der Waals surface area contributed by atoms with Gasteiger partial charge in [-0.2, -0.15) is 0 Å². The summed E-state index contributed by atoms with van der Waals surface area (Å²) in [5, 5.41) is 4.58. The maximum atomic E-state index is 4.93. The lowest BCUT2D eigenvalue weighted by Crippen LogP contribution is -2.23. The standard InChI is InChI=1S/C25H25N5/c1-18-7-2-13-24(27-18)29-25-14-4-11-22(28-25)23-12-6-16-30(23)17-19-8-3-10-21-20(19)9-5-15-26-21/h2-5,7-11,13-15,23H,6,12,16-17H2,1H3,(H,27,28,29). The summed E-state index contributed by atoms with van der Waals surface area (Å²) in [4.78, 5) is 16.5. The third-order valence-electron chi connectivity index (χ3n) is 5.73. The highest BCUT2D eigenvalue weighted by Gasteiger charge is 2.27. The molecule has 0 spiro atoms. The Balaban J connectivity index is 1.38. The number of pyridine rings is 3. The zero-order valence-electron chi connectivity index (χ0n) is 17.1. The SMILES string of the molecule is Cc1cccc(Nc2cccc(C3CCCN3Cc3cccc4ncccc34)n2)n1. The second kappa shape index (κ2) is 8.20. The normalized spacial score (nSPS) is 16.8. The Morgan fingerprint density at radius 3 is 2.67 bits per heavy atom. The van der Waals surface area contributed by atoms with Crippen molar-refractivity contribution in [1.29, 1.82) is 0 Å². The average Bonchev–Trinajstić information content (AvgIpc) is 3.22. The molecule has 4 heterocycles. The molecule has 1 N–H and O–H groups in total. The molecule has 1 atom stereocenters. The zero-order chi connectivity index (χ0) is 20.3. The molecule has 0 amide bonds. The first kappa shape index (κ1) is 18.7. The van der Waals surface area contributed by atoms with Crippen LogP contribution in [0.15, 0.2) is 72.9 Å². The number of hydrogen-bond donors (Lipinski definition) is 1. The van der Waals surface area contributed by atoms with Gasteiger partial charge >= 0.3 is 0 Å². The van der Waals surface area contributed by atoms with Gasteiger partial charge in [0.2, 0.25) is 0 Å². The van der Waals surface area contributed by atoms with Crippen LogP contribution in [0.1, 0.15) is 35.8 Å². The molecule has 1 unspecified atom stereocenters. The van der Waals surface area contributed by atoms with E-state index in [4.69, 9.17) is 4.98 Å². The van der Waals surface area contributed by atoms with E-state index in [0.717, 1.165) is 48.1 Å². The second-order valence-electron chi connectivity index (χ2n) is 7.85. The molecule has 150 valence electrons. The first-order valence-corrected chi connectivity index (χ1v) is 10.5. The zero-order valence-corrected chi connectivity index (χ0v) is 17.1. The largest absolute Gasteiger partial charge is 0.325 e. The van der Waals surface area contributed by atoms with Crippen LogP contribution in [0, 0.1) is 6.92 Å². The highest BCUT2D eigenvalue weighted by atomic mass is 15.2. The Morgan fingerprint density at radius 1 is 0.933 bits per heavy atom. The molecular formula is C25H25N5. The number of nitrogens with zero attached hydrogens (tertiary/aromatic N) is 4. The van der Waals surface area contributed by atoms with E-state index in [2.05, 4.69) is 56.6 Å². The summed E-state index contributed by atoms with van der Waals surface area (Å²) in [5.41, 5.74) is 4.48. The molecule has 4 aromatic rings. The quantitative estimate of drug-likeness (QED) is 0.489. The van der Waals surface area contributed by atoms with Crippen LogP contribution in [0.3, 0.4) is 0 Å². The number of benzene rings is 1. The minimum atomic E-state index is 0.323. The van der Waals surface area contributed by atoms with Gasteiger partial charge in [-0.05, 0) is 68.3 Å². The summed E-state index contributed by atoms with van der Waals surface area (Å²) >= 11 is 0. The number of likely N-dealkylation sites (tertiary alicyclic amines) is 1. The molecule has 0 aliphatic carbocycles. The lowest BCUT2D eigenvalue weighted by atomic mass is 10.1. The molecule has 5 heteroatoms. The van der Waals surface area contributed by atoms with Gasteiger partial charge < -0.3 is 5.32 Å². The Hall–Kier alpha value is -3.31. The van der Waals surface area contributed by atoms with E-state index in [1.165, 1.54) is 17.4 Å². The summed E-state index contributed by atoms with van der Waals surface area (Å²) in [6.07, 6.45) is 4.17. The van der Waals surface area contributed by atoms with E-state index < -0.39 is 0 Å². The van der Waals surface area contributed by atoms with Gasteiger partial charge in [0, 0.05) is 23.8 Å². The molecule has 1 aromatic carbocycles. The van der Waals surface area contributed by atoms with Crippen LogP contribution in [-0.4, -0.2) is 26.4 Å². The van der Waals surface area contributed by atoms with Crippen molar-refractivity contribution in [3.05, 3.63) is 89.9 Å². The lowest BCUT2D eigenvalue weighted by Gasteiger charge is -2.25. The first-order chi connectivity index (χ1) is 14.8. The van der Waals surface area contributed by atoms with Crippen molar-refractivity contribution >= 4 is 22.5 Å². The van der Waals surface area contributed by atoms with Gasteiger partial charge in [-0.1, -0.05) is 30.3 Å². The Bertz CT molecular complexity index is 1170. The first-order valence-electron chi connectivity index (χ1n) is 10.5. The van der Waals surface area contributed by atoms with Crippen molar-refractivity contribution in [2.45, 2.75) is 32.4 Å². The predicted molar refractivity (Wildman–Crippen MR) is 121 cm³/mol. The Kier molecular flexibility index (Phi) is 5.11. The number of anilines is 2. The van der Waals surface area contributed by atoms with Gasteiger partial charge in [0.1, 0.15) is 11.6 Å². The van der Waals surface area contributed by atoms with Crippen molar-refractivity contribution in [2.75, 3.05) is 11.9 Å². The van der Waals surface area contributed by atoms with Gasteiger partial charge in [0.05, 0.1) is 17.3 Å². The number of aryl methyl sites for hydroxylation is 1. The van der Waals surface area contributed by atoms with Gasteiger partial charge in [-0.25, -0.2) is 9.97 Å². The third-order valence-corrected chi connectivity index (χ3v) is 5.73. The van der Waals surface area contributed by atoms with Crippen LogP contribution in [0.25, 0.3) is 10.9 Å². The highest BCUT2D eigenvalue weighted by molar-refractivity contribution is 5.81. The molecule has 1 fully saturated rings. The summed E-state index contributed by atoms with van der Waals surface area (Å²) in [5.74, 6) is 1.66. The Labute approximate surface area is 176 Å². The fourth-order valence-corrected chi connectivity index (χ4v) is 4.32. The molecule has 0 radical (unpaired) electrons. The predicted octanol–water partition coefficient (Wildman–Crippen LogP) is 5.41. The van der Waals surface area contributed by atoms with Crippen LogP contribution in [0.4, 0.5) is 11.6 Å². The van der Waals surface area contributed by atoms with E-state index in [9.17, 15) is 0 Å². The van der Waals surface area contributed by atoms with Crippen molar-refractivity contribution < 1.29 is 0 Å². The second-order valence-corrected chi connectivity index (χ2v) is 7.85. The number of fused-ring (bicyclic) bond motifs is 1. The topological polar surface area (TPSA) is 53.9 Å². The van der Waals surface area contributed by atoms with Gasteiger partial charge in [0.25, 0.3) is 0 Å². The maximum absolute atomic E-state index is 4.93. The molecular weight excluding hydrogens is 370 g/mol. The van der Waals surface area contributed by atoms with Crippen LogP contribution >= 0.6 is 0 Å². The number of hydrogen-bond acceptors (Lipinski definition) is 5. The lowest BCUT2D eigenvalue weighted by molar-refractivity contribution is 0.245. The summed E-state index contributed by atoms with van der Waals surface area (Å²) in [7, 11) is 0. The van der Waals surface area contributed by atoms with Crippen LogP contribution < -0.4 is 5.32 Å². The number of rotatable bonds is 5. The molecule has 1 saturated heterocycles. The molecule has 1 aliphatic rings. The monoisotopic (exact) mass is 395 g/mol. The summed E-state index contributed by atoms with van der Waals surface area (Å²) in [6, 6.07) is 23.1. The Morgan fingerprint density at radius 2 is 1.77 bits per heavy atom. The van der Waals surface area contributed by atoms with Crippen molar-refractivity contribution in [3.8, 4) is 0 Å². The molecule has 1 aliphatic heterocycles. The molecule has 30 heavy (non-hydrogen) atoms. The third kappa shape index (κ3) is 3.89. The van der Waals surface area contributed by atoms with Crippen LogP contribution in [0.2, 0.25) is 0 Å². The smallest absolute Gasteiger partial charge is 0.131 e. The van der Waals surface area contributed by atoms with E-state index in [-0.39, 0.29) is 0 Å². The van der Waals surface area contributed by atoms with E-state index in [0.29, 0.717) is 6.04 Å². The molecule has 0 bridgehead atoms. The number of aromatic nitrogens is 3. The molecule has 5 rings (SSSR count). The van der Waals surface area contributed by atoms with Gasteiger partial charge in [0.15, 0.2) is 0 Å². The average molecular weight is 396 g/mol. The van der Waals surface area contributed by atoms with Gasteiger partial charge in [-0.15, -0.1) is 0 Å². The number of nitrogens with one attached hydrogen (secondary N) is 1. The minimum Gasteiger partial charge on any atom is -0.325 e. The van der Waals surface area contributed by atoms with Crippen LogP contribution in [-0.2, 0) is 6.54 Å². The minimum absolute atomic E-state index is 0.323. The van der Waals surface area contributed by atoms with Crippen molar-refractivity contribution in [3.63, 3.8) is 0 Å². The molecule has 3 aromatic heterocycles. The van der Waals surface area contributed by atoms with Gasteiger partial charge in [-0.3, -0.25) is 9.88 Å². The fraction of sp³-hybridized carbons (Fsp3) is 0.240. The van der Waals surface area contributed by atoms with Crippen molar-refractivity contribution in [1.82, 2.24) is 19.9 Å². The van der Waals surface area contributed by atoms with Crippen LogP contribution in [0.5, 0.6) is 0 Å².